The van der Waals surface area contributed by atoms with E-state index in [1.54, 1.807) is 0 Å². The molecule has 2 nitrogen and oxygen atoms in total. The number of hydrogen-bond acceptors (Lipinski definition) is 2. The van der Waals surface area contributed by atoms with Gasteiger partial charge in [-0.05, 0) is 31.8 Å². The first-order valence-corrected chi connectivity index (χ1v) is 6.27. The molecule has 84 valence electrons. The maximum Gasteiger partial charge on any atom is 0.0246 e. The lowest BCUT2D eigenvalue weighted by Crippen LogP contribution is -2.47. The second kappa shape index (κ2) is 6.41. The number of nitrogens with two attached hydrogens (primary N) is 1. The van der Waals surface area contributed by atoms with Crippen molar-refractivity contribution in [2.24, 2.45) is 11.7 Å². The zero-order chi connectivity index (χ0) is 10.4. The summed E-state index contributed by atoms with van der Waals surface area (Å²) >= 11 is 0. The first kappa shape index (κ1) is 12.0. The number of likely N-dealkylation sites (tertiary alicyclic amines) is 1. The molecule has 1 aliphatic rings. The van der Waals surface area contributed by atoms with Crippen LogP contribution in [0.4, 0.5) is 0 Å². The summed E-state index contributed by atoms with van der Waals surface area (Å²) in [4.78, 5) is 2.63. The van der Waals surface area contributed by atoms with E-state index in [1.807, 2.05) is 0 Å². The molecular weight excluding hydrogens is 172 g/mol. The van der Waals surface area contributed by atoms with E-state index < -0.39 is 0 Å². The van der Waals surface area contributed by atoms with Gasteiger partial charge in [-0.25, -0.2) is 0 Å². The molecule has 0 aromatic rings. The molecule has 1 heterocycles. The lowest BCUT2D eigenvalue weighted by molar-refractivity contribution is 0.116. The minimum absolute atomic E-state index is 0.644. The van der Waals surface area contributed by atoms with Crippen molar-refractivity contribution in [1.82, 2.24) is 4.90 Å². The summed E-state index contributed by atoms with van der Waals surface area (Å²) in [6.45, 7) is 7.98. The van der Waals surface area contributed by atoms with Crippen LogP contribution >= 0.6 is 0 Å². The topological polar surface area (TPSA) is 29.3 Å². The summed E-state index contributed by atoms with van der Waals surface area (Å²) in [6, 6.07) is 0.644. The fourth-order valence-electron chi connectivity index (χ4n) is 2.72. The third-order valence-corrected chi connectivity index (χ3v) is 3.69. The van der Waals surface area contributed by atoms with E-state index >= 15 is 0 Å². The first-order valence-electron chi connectivity index (χ1n) is 6.27. The summed E-state index contributed by atoms with van der Waals surface area (Å²) in [5, 5.41) is 0. The summed E-state index contributed by atoms with van der Waals surface area (Å²) in [7, 11) is 0. The van der Waals surface area contributed by atoms with Crippen molar-refractivity contribution in [3.8, 4) is 0 Å². The molecule has 1 aliphatic heterocycles. The summed E-state index contributed by atoms with van der Waals surface area (Å²) in [6.07, 6.45) is 6.70. The Morgan fingerprint density at radius 2 is 1.64 bits per heavy atom. The van der Waals surface area contributed by atoms with Gasteiger partial charge < -0.3 is 5.73 Å². The quantitative estimate of drug-likeness (QED) is 0.734. The van der Waals surface area contributed by atoms with Crippen LogP contribution in [0.2, 0.25) is 0 Å². The first-order chi connectivity index (χ1) is 6.83. The molecule has 0 saturated carbocycles. The molecule has 2 N–H and O–H groups in total. The van der Waals surface area contributed by atoms with Crippen LogP contribution < -0.4 is 5.73 Å². The molecule has 2 heteroatoms. The molecule has 1 saturated heterocycles. The number of piperidine rings is 1. The number of rotatable bonds is 5. The van der Waals surface area contributed by atoms with Crippen molar-refractivity contribution in [2.75, 3.05) is 19.6 Å². The summed E-state index contributed by atoms with van der Waals surface area (Å²) < 4.78 is 0. The van der Waals surface area contributed by atoms with Crippen molar-refractivity contribution in [1.29, 1.82) is 0 Å². The predicted molar refractivity (Wildman–Crippen MR) is 62.3 cm³/mol. The molecule has 0 aromatic carbocycles. The van der Waals surface area contributed by atoms with Crippen LogP contribution in [-0.2, 0) is 0 Å². The molecular formula is C12H26N2. The Bertz CT molecular complexity index is 137. The van der Waals surface area contributed by atoms with Gasteiger partial charge in [0.05, 0.1) is 0 Å². The highest BCUT2D eigenvalue weighted by molar-refractivity contribution is 4.80. The SMILES string of the molecule is CCC(CC)C(CN)N1CCCCC1. The van der Waals surface area contributed by atoms with Crippen molar-refractivity contribution < 1.29 is 0 Å². The Hall–Kier alpha value is -0.0800. The van der Waals surface area contributed by atoms with E-state index in [2.05, 4.69) is 18.7 Å². The minimum Gasteiger partial charge on any atom is -0.329 e. The van der Waals surface area contributed by atoms with E-state index in [0.717, 1.165) is 12.5 Å². The molecule has 1 atom stereocenters. The molecule has 0 spiro atoms. The highest BCUT2D eigenvalue weighted by Gasteiger charge is 2.24. The molecule has 1 fully saturated rings. The van der Waals surface area contributed by atoms with E-state index in [9.17, 15) is 0 Å². The van der Waals surface area contributed by atoms with Gasteiger partial charge >= 0.3 is 0 Å². The summed E-state index contributed by atoms with van der Waals surface area (Å²) in [5.41, 5.74) is 5.91. The molecule has 0 aromatic heterocycles. The predicted octanol–water partition coefficient (Wildman–Crippen LogP) is 2.24. The van der Waals surface area contributed by atoms with E-state index in [1.165, 1.54) is 45.2 Å². The Morgan fingerprint density at radius 3 is 2.07 bits per heavy atom. The highest BCUT2D eigenvalue weighted by Crippen LogP contribution is 2.21. The Labute approximate surface area is 88.8 Å². The maximum atomic E-state index is 5.91. The third kappa shape index (κ3) is 2.96. The van der Waals surface area contributed by atoms with Gasteiger partial charge in [0.1, 0.15) is 0 Å². The average molecular weight is 198 g/mol. The van der Waals surface area contributed by atoms with Gasteiger partial charge in [0.2, 0.25) is 0 Å². The van der Waals surface area contributed by atoms with Gasteiger partial charge in [-0.1, -0.05) is 33.1 Å². The van der Waals surface area contributed by atoms with Crippen LogP contribution in [0, 0.1) is 5.92 Å². The molecule has 0 radical (unpaired) electrons. The van der Waals surface area contributed by atoms with Gasteiger partial charge in [-0.2, -0.15) is 0 Å². The lowest BCUT2D eigenvalue weighted by Gasteiger charge is -2.38. The number of hydrogen-bond donors (Lipinski definition) is 1. The lowest BCUT2D eigenvalue weighted by atomic mass is 9.91. The zero-order valence-electron chi connectivity index (χ0n) is 9.84. The molecule has 0 amide bonds. The molecule has 0 bridgehead atoms. The van der Waals surface area contributed by atoms with Gasteiger partial charge in [0.25, 0.3) is 0 Å². The summed E-state index contributed by atoms with van der Waals surface area (Å²) in [5.74, 6) is 0.804. The van der Waals surface area contributed by atoms with Crippen LogP contribution in [0.1, 0.15) is 46.0 Å². The Kier molecular flexibility index (Phi) is 5.49. The van der Waals surface area contributed by atoms with Crippen molar-refractivity contribution in [3.63, 3.8) is 0 Å². The van der Waals surface area contributed by atoms with Crippen LogP contribution in [0.3, 0.4) is 0 Å². The zero-order valence-corrected chi connectivity index (χ0v) is 9.84. The normalized spacial score (nSPS) is 21.4. The van der Waals surface area contributed by atoms with E-state index in [0.29, 0.717) is 6.04 Å². The smallest absolute Gasteiger partial charge is 0.0246 e. The fraction of sp³-hybridized carbons (Fsp3) is 1.00. The largest absolute Gasteiger partial charge is 0.329 e. The molecule has 0 aliphatic carbocycles. The van der Waals surface area contributed by atoms with E-state index in [4.69, 9.17) is 5.73 Å². The van der Waals surface area contributed by atoms with Crippen LogP contribution in [0.25, 0.3) is 0 Å². The van der Waals surface area contributed by atoms with Crippen LogP contribution in [0.15, 0.2) is 0 Å². The van der Waals surface area contributed by atoms with Crippen molar-refractivity contribution in [2.45, 2.75) is 52.0 Å². The standard InChI is InChI=1S/C12H26N2/c1-3-11(4-2)12(10-13)14-8-6-5-7-9-14/h11-12H,3-10,13H2,1-2H3. The molecule has 1 rings (SSSR count). The van der Waals surface area contributed by atoms with Gasteiger partial charge in [0.15, 0.2) is 0 Å². The Balaban J connectivity index is 2.49. The van der Waals surface area contributed by atoms with Crippen molar-refractivity contribution in [3.05, 3.63) is 0 Å². The van der Waals surface area contributed by atoms with E-state index in [-0.39, 0.29) is 0 Å². The monoisotopic (exact) mass is 198 g/mol. The molecule has 1 unspecified atom stereocenters. The fourth-order valence-corrected chi connectivity index (χ4v) is 2.72. The van der Waals surface area contributed by atoms with Crippen LogP contribution in [-0.4, -0.2) is 30.6 Å². The van der Waals surface area contributed by atoms with Gasteiger partial charge in [-0.3, -0.25) is 4.90 Å². The highest BCUT2D eigenvalue weighted by atomic mass is 15.2. The molecule has 14 heavy (non-hydrogen) atoms. The average Bonchev–Trinajstić information content (AvgIpc) is 2.27. The second-order valence-electron chi connectivity index (χ2n) is 4.48. The van der Waals surface area contributed by atoms with Gasteiger partial charge in [0, 0.05) is 12.6 Å². The maximum absolute atomic E-state index is 5.91. The third-order valence-electron chi connectivity index (χ3n) is 3.69. The van der Waals surface area contributed by atoms with Gasteiger partial charge in [-0.15, -0.1) is 0 Å². The van der Waals surface area contributed by atoms with Crippen molar-refractivity contribution >= 4 is 0 Å². The second-order valence-corrected chi connectivity index (χ2v) is 4.48. The van der Waals surface area contributed by atoms with Crippen LogP contribution in [0.5, 0.6) is 0 Å². The Morgan fingerprint density at radius 1 is 1.07 bits per heavy atom. The number of nitrogens with zero attached hydrogens (tertiary/aromatic N) is 1. The minimum atomic E-state index is 0.644.